The highest BCUT2D eigenvalue weighted by Gasteiger charge is 2.20. The Morgan fingerprint density at radius 2 is 2.00 bits per heavy atom. The SMILES string of the molecule is Cc1nc(N(C)CCCN(C)C)ncc1CNC1CC1. The lowest BCUT2D eigenvalue weighted by Gasteiger charge is -2.19. The van der Waals surface area contributed by atoms with Crippen LogP contribution in [0.1, 0.15) is 30.5 Å². The van der Waals surface area contributed by atoms with Crippen molar-refractivity contribution < 1.29 is 0 Å². The van der Waals surface area contributed by atoms with Crippen molar-refractivity contribution in [3.8, 4) is 0 Å². The summed E-state index contributed by atoms with van der Waals surface area (Å²) in [5.74, 6) is 0.830. The number of hydrogen-bond donors (Lipinski definition) is 1. The first-order chi connectivity index (χ1) is 9.56. The first-order valence-corrected chi connectivity index (χ1v) is 7.48. The van der Waals surface area contributed by atoms with E-state index >= 15 is 0 Å². The number of aromatic nitrogens is 2. The molecule has 20 heavy (non-hydrogen) atoms. The van der Waals surface area contributed by atoms with E-state index in [2.05, 4.69) is 53.2 Å². The molecule has 1 aromatic rings. The Morgan fingerprint density at radius 1 is 1.25 bits per heavy atom. The molecule has 1 aliphatic carbocycles. The van der Waals surface area contributed by atoms with Gasteiger partial charge in [0.1, 0.15) is 0 Å². The van der Waals surface area contributed by atoms with Crippen LogP contribution in [0.15, 0.2) is 6.20 Å². The Morgan fingerprint density at radius 3 is 2.60 bits per heavy atom. The van der Waals surface area contributed by atoms with Crippen LogP contribution in [0.5, 0.6) is 0 Å². The highest BCUT2D eigenvalue weighted by Crippen LogP contribution is 2.19. The first-order valence-electron chi connectivity index (χ1n) is 7.48. The summed E-state index contributed by atoms with van der Waals surface area (Å²) in [6, 6.07) is 0.725. The van der Waals surface area contributed by atoms with E-state index in [1.807, 2.05) is 6.20 Å². The summed E-state index contributed by atoms with van der Waals surface area (Å²) < 4.78 is 0. The van der Waals surface area contributed by atoms with Crippen molar-refractivity contribution >= 4 is 5.95 Å². The summed E-state index contributed by atoms with van der Waals surface area (Å²) >= 11 is 0. The molecule has 1 fully saturated rings. The largest absolute Gasteiger partial charge is 0.344 e. The van der Waals surface area contributed by atoms with Crippen LogP contribution in [0.2, 0.25) is 0 Å². The molecule has 2 rings (SSSR count). The molecule has 1 N–H and O–H groups in total. The van der Waals surface area contributed by atoms with Crippen LogP contribution in [0.25, 0.3) is 0 Å². The number of nitrogens with one attached hydrogen (secondary N) is 1. The molecule has 0 saturated heterocycles. The quantitative estimate of drug-likeness (QED) is 0.778. The van der Waals surface area contributed by atoms with Crippen LogP contribution in [0.3, 0.4) is 0 Å². The molecular weight excluding hydrogens is 250 g/mol. The van der Waals surface area contributed by atoms with Gasteiger partial charge in [0, 0.05) is 43.6 Å². The first kappa shape index (κ1) is 15.2. The van der Waals surface area contributed by atoms with Crippen LogP contribution >= 0.6 is 0 Å². The average Bonchev–Trinajstić information content (AvgIpc) is 3.20. The highest BCUT2D eigenvalue weighted by atomic mass is 15.2. The maximum absolute atomic E-state index is 4.63. The van der Waals surface area contributed by atoms with Gasteiger partial charge in [-0.05, 0) is 46.8 Å². The fraction of sp³-hybridized carbons (Fsp3) is 0.733. The summed E-state index contributed by atoms with van der Waals surface area (Å²) in [5.41, 5.74) is 2.30. The zero-order chi connectivity index (χ0) is 14.5. The number of nitrogens with zero attached hydrogens (tertiary/aromatic N) is 4. The third kappa shape index (κ3) is 4.72. The molecule has 0 unspecified atom stereocenters. The minimum absolute atomic E-state index is 0.725. The third-order valence-electron chi connectivity index (χ3n) is 3.67. The average molecular weight is 277 g/mol. The van der Waals surface area contributed by atoms with Crippen LogP contribution < -0.4 is 10.2 Å². The molecule has 0 atom stereocenters. The van der Waals surface area contributed by atoms with Crippen LogP contribution in [0.4, 0.5) is 5.95 Å². The topological polar surface area (TPSA) is 44.3 Å². The standard InChI is InChI=1S/C15H27N5/c1-12-13(10-16-14-6-7-14)11-17-15(18-12)20(4)9-5-8-19(2)3/h11,14,16H,5-10H2,1-4H3. The molecule has 0 aliphatic heterocycles. The summed E-state index contributed by atoms with van der Waals surface area (Å²) in [5, 5.41) is 3.51. The van der Waals surface area contributed by atoms with E-state index in [0.29, 0.717) is 0 Å². The van der Waals surface area contributed by atoms with E-state index in [0.717, 1.165) is 43.7 Å². The van der Waals surface area contributed by atoms with E-state index in [9.17, 15) is 0 Å². The molecule has 0 radical (unpaired) electrons. The Hall–Kier alpha value is -1.20. The third-order valence-corrected chi connectivity index (χ3v) is 3.67. The van der Waals surface area contributed by atoms with E-state index in [-0.39, 0.29) is 0 Å². The minimum Gasteiger partial charge on any atom is -0.344 e. The van der Waals surface area contributed by atoms with Crippen LogP contribution in [-0.2, 0) is 6.54 Å². The normalized spacial score (nSPS) is 14.8. The van der Waals surface area contributed by atoms with E-state index in [1.165, 1.54) is 18.4 Å². The molecule has 1 heterocycles. The van der Waals surface area contributed by atoms with Crippen LogP contribution in [0, 0.1) is 6.92 Å². The second kappa shape index (κ2) is 6.99. The zero-order valence-corrected chi connectivity index (χ0v) is 13.2. The van der Waals surface area contributed by atoms with E-state index in [1.54, 1.807) is 0 Å². The van der Waals surface area contributed by atoms with Crippen molar-refractivity contribution in [2.45, 2.75) is 38.8 Å². The smallest absolute Gasteiger partial charge is 0.225 e. The van der Waals surface area contributed by atoms with Crippen molar-refractivity contribution in [3.05, 3.63) is 17.5 Å². The summed E-state index contributed by atoms with van der Waals surface area (Å²) in [6.07, 6.45) is 5.71. The van der Waals surface area contributed by atoms with Gasteiger partial charge in [0.25, 0.3) is 0 Å². The van der Waals surface area contributed by atoms with Gasteiger partial charge in [-0.25, -0.2) is 9.97 Å². The van der Waals surface area contributed by atoms with Crippen molar-refractivity contribution in [3.63, 3.8) is 0 Å². The van der Waals surface area contributed by atoms with Crippen LogP contribution in [-0.4, -0.2) is 55.1 Å². The second-order valence-electron chi connectivity index (χ2n) is 6.01. The Kier molecular flexibility index (Phi) is 5.31. The molecule has 0 bridgehead atoms. The summed E-state index contributed by atoms with van der Waals surface area (Å²) in [6.45, 7) is 5.04. The van der Waals surface area contributed by atoms with Crippen molar-refractivity contribution in [2.24, 2.45) is 0 Å². The molecule has 5 heteroatoms. The lowest BCUT2D eigenvalue weighted by atomic mass is 10.2. The van der Waals surface area contributed by atoms with Gasteiger partial charge in [-0.1, -0.05) is 0 Å². The summed E-state index contributed by atoms with van der Waals surface area (Å²) in [4.78, 5) is 13.5. The maximum atomic E-state index is 4.63. The molecule has 112 valence electrons. The van der Waals surface area contributed by atoms with Gasteiger partial charge in [0.15, 0.2) is 0 Å². The molecule has 0 spiro atoms. The lowest BCUT2D eigenvalue weighted by Crippen LogP contribution is -2.25. The van der Waals surface area contributed by atoms with E-state index in [4.69, 9.17) is 0 Å². The van der Waals surface area contributed by atoms with Gasteiger partial charge in [-0.15, -0.1) is 0 Å². The Labute approximate surface area is 122 Å². The highest BCUT2D eigenvalue weighted by molar-refractivity contribution is 5.31. The molecule has 5 nitrogen and oxygen atoms in total. The number of anilines is 1. The monoisotopic (exact) mass is 277 g/mol. The lowest BCUT2D eigenvalue weighted by molar-refractivity contribution is 0.401. The van der Waals surface area contributed by atoms with Gasteiger partial charge in [0.05, 0.1) is 0 Å². The fourth-order valence-electron chi connectivity index (χ4n) is 2.10. The number of hydrogen-bond acceptors (Lipinski definition) is 5. The predicted molar refractivity (Wildman–Crippen MR) is 83.1 cm³/mol. The zero-order valence-electron chi connectivity index (χ0n) is 13.2. The minimum atomic E-state index is 0.725. The second-order valence-corrected chi connectivity index (χ2v) is 6.01. The maximum Gasteiger partial charge on any atom is 0.225 e. The van der Waals surface area contributed by atoms with Crippen molar-refractivity contribution in [1.29, 1.82) is 0 Å². The van der Waals surface area contributed by atoms with Gasteiger partial charge in [0.2, 0.25) is 5.95 Å². The Balaban J connectivity index is 1.86. The molecule has 0 amide bonds. The fourth-order valence-corrected chi connectivity index (χ4v) is 2.10. The predicted octanol–water partition coefficient (Wildman–Crippen LogP) is 1.42. The van der Waals surface area contributed by atoms with E-state index < -0.39 is 0 Å². The molecule has 0 aromatic carbocycles. The van der Waals surface area contributed by atoms with Gasteiger partial charge >= 0.3 is 0 Å². The summed E-state index contributed by atoms with van der Waals surface area (Å²) in [7, 11) is 6.26. The molecule has 1 aromatic heterocycles. The van der Waals surface area contributed by atoms with Gasteiger partial charge < -0.3 is 15.1 Å². The number of aryl methyl sites for hydroxylation is 1. The molecule has 1 aliphatic rings. The van der Waals surface area contributed by atoms with Crippen molar-refractivity contribution in [1.82, 2.24) is 20.2 Å². The molecular formula is C15H27N5. The number of rotatable bonds is 8. The Bertz CT molecular complexity index is 428. The van der Waals surface area contributed by atoms with Gasteiger partial charge in [-0.2, -0.15) is 0 Å². The van der Waals surface area contributed by atoms with Crippen molar-refractivity contribution in [2.75, 3.05) is 39.1 Å². The molecule has 1 saturated carbocycles. The van der Waals surface area contributed by atoms with Gasteiger partial charge in [-0.3, -0.25) is 0 Å².